The number of methoxy groups -OCH3 is 1. The van der Waals surface area contributed by atoms with Gasteiger partial charge in [0.25, 0.3) is 0 Å². The number of nitrogens with one attached hydrogen (secondary N) is 1. The van der Waals surface area contributed by atoms with Crippen LogP contribution in [-0.2, 0) is 10.0 Å². The van der Waals surface area contributed by atoms with Gasteiger partial charge in [0, 0.05) is 22.9 Å². The van der Waals surface area contributed by atoms with Crippen LogP contribution < -0.4 is 9.46 Å². The minimum absolute atomic E-state index is 0.117. The number of benzene rings is 1. The van der Waals surface area contributed by atoms with E-state index in [0.29, 0.717) is 10.2 Å². The molecule has 5 nitrogen and oxygen atoms in total. The van der Waals surface area contributed by atoms with E-state index in [1.54, 1.807) is 20.1 Å². The summed E-state index contributed by atoms with van der Waals surface area (Å²) in [5, 5.41) is 0. The Bertz CT molecular complexity index is 735. The van der Waals surface area contributed by atoms with Crippen LogP contribution in [0, 0.1) is 0 Å². The van der Waals surface area contributed by atoms with E-state index in [0.717, 1.165) is 5.56 Å². The van der Waals surface area contributed by atoms with Crippen molar-refractivity contribution in [3.8, 4) is 5.75 Å². The molecule has 0 aliphatic carbocycles. The van der Waals surface area contributed by atoms with Gasteiger partial charge in [0.2, 0.25) is 10.0 Å². The fourth-order valence-electron chi connectivity index (χ4n) is 1.82. The van der Waals surface area contributed by atoms with Gasteiger partial charge in [-0.25, -0.2) is 13.1 Å². The average molecular weight is 371 g/mol. The minimum Gasteiger partial charge on any atom is -0.497 e. The van der Waals surface area contributed by atoms with Crippen LogP contribution in [0.25, 0.3) is 0 Å². The smallest absolute Gasteiger partial charge is 0.242 e. The second kappa shape index (κ2) is 6.55. The SMILES string of the molecule is COc1cccc(C(C)NS(=O)(=O)c2cncc(Br)c2)c1. The van der Waals surface area contributed by atoms with E-state index in [2.05, 4.69) is 25.6 Å². The molecule has 0 radical (unpaired) electrons. The normalized spacial score (nSPS) is 12.9. The highest BCUT2D eigenvalue weighted by Crippen LogP contribution is 2.21. The molecule has 0 amide bonds. The summed E-state index contributed by atoms with van der Waals surface area (Å²) < 4.78 is 33.0. The third kappa shape index (κ3) is 4.03. The first-order valence-corrected chi connectivity index (χ1v) is 8.47. The van der Waals surface area contributed by atoms with Gasteiger partial charge >= 0.3 is 0 Å². The van der Waals surface area contributed by atoms with Gasteiger partial charge in [-0.1, -0.05) is 12.1 Å². The zero-order valence-electron chi connectivity index (χ0n) is 11.6. The van der Waals surface area contributed by atoms with Gasteiger partial charge in [-0.2, -0.15) is 0 Å². The molecule has 0 bridgehead atoms. The lowest BCUT2D eigenvalue weighted by molar-refractivity contribution is 0.413. The van der Waals surface area contributed by atoms with Crippen LogP contribution in [0.1, 0.15) is 18.5 Å². The summed E-state index contributed by atoms with van der Waals surface area (Å²) in [6, 6.07) is 8.39. The van der Waals surface area contributed by atoms with Crippen LogP contribution in [0.5, 0.6) is 5.75 Å². The van der Waals surface area contributed by atoms with Crippen molar-refractivity contribution in [2.45, 2.75) is 17.9 Å². The minimum atomic E-state index is -3.63. The van der Waals surface area contributed by atoms with Crippen molar-refractivity contribution in [1.82, 2.24) is 9.71 Å². The van der Waals surface area contributed by atoms with E-state index in [4.69, 9.17) is 4.74 Å². The van der Waals surface area contributed by atoms with Crippen molar-refractivity contribution < 1.29 is 13.2 Å². The van der Waals surface area contributed by atoms with E-state index in [1.807, 2.05) is 18.2 Å². The standard InChI is InChI=1S/C14H15BrN2O3S/c1-10(11-4-3-5-13(6-11)20-2)17-21(18,19)14-7-12(15)8-16-9-14/h3-10,17H,1-2H3. The molecule has 0 saturated heterocycles. The van der Waals surface area contributed by atoms with Gasteiger partial charge in [0.1, 0.15) is 10.6 Å². The summed E-state index contributed by atoms with van der Waals surface area (Å²) >= 11 is 3.21. The number of hydrogen-bond donors (Lipinski definition) is 1. The summed E-state index contributed by atoms with van der Waals surface area (Å²) in [5.41, 5.74) is 0.820. The summed E-state index contributed by atoms with van der Waals surface area (Å²) in [7, 11) is -2.06. The van der Waals surface area contributed by atoms with Gasteiger partial charge in [0.05, 0.1) is 7.11 Å². The maximum Gasteiger partial charge on any atom is 0.242 e. The highest BCUT2D eigenvalue weighted by molar-refractivity contribution is 9.10. The molecule has 2 rings (SSSR count). The van der Waals surface area contributed by atoms with E-state index < -0.39 is 10.0 Å². The molecule has 0 spiro atoms. The van der Waals surface area contributed by atoms with Crippen LogP contribution in [0.3, 0.4) is 0 Å². The highest BCUT2D eigenvalue weighted by Gasteiger charge is 2.19. The second-order valence-corrected chi connectivity index (χ2v) is 7.09. The third-order valence-corrected chi connectivity index (χ3v) is 4.86. The number of rotatable bonds is 5. The van der Waals surface area contributed by atoms with Crippen LogP contribution >= 0.6 is 15.9 Å². The Morgan fingerprint density at radius 2 is 2.05 bits per heavy atom. The molecule has 1 N–H and O–H groups in total. The first-order valence-electron chi connectivity index (χ1n) is 6.19. The van der Waals surface area contributed by atoms with Gasteiger partial charge in [-0.05, 0) is 46.6 Å². The van der Waals surface area contributed by atoms with Gasteiger partial charge < -0.3 is 4.74 Å². The van der Waals surface area contributed by atoms with Crippen molar-refractivity contribution in [2.24, 2.45) is 0 Å². The Morgan fingerprint density at radius 3 is 2.71 bits per heavy atom. The molecule has 21 heavy (non-hydrogen) atoms. The van der Waals surface area contributed by atoms with Gasteiger partial charge in [-0.3, -0.25) is 4.98 Å². The van der Waals surface area contributed by atoms with Crippen molar-refractivity contribution >= 4 is 26.0 Å². The Hall–Kier alpha value is -1.44. The lowest BCUT2D eigenvalue weighted by atomic mass is 10.1. The fraction of sp³-hybridized carbons (Fsp3) is 0.214. The summed E-state index contributed by atoms with van der Waals surface area (Å²) in [6.45, 7) is 1.78. The first kappa shape index (κ1) is 15.9. The summed E-state index contributed by atoms with van der Waals surface area (Å²) in [5.74, 6) is 0.683. The number of pyridine rings is 1. The fourth-order valence-corrected chi connectivity index (χ4v) is 3.55. The molecule has 1 atom stereocenters. The van der Waals surface area contributed by atoms with E-state index in [-0.39, 0.29) is 10.9 Å². The molecule has 7 heteroatoms. The monoisotopic (exact) mass is 370 g/mol. The predicted octanol–water partition coefficient (Wildman–Crippen LogP) is 2.89. The molecule has 1 unspecified atom stereocenters. The average Bonchev–Trinajstić information content (AvgIpc) is 2.47. The molecule has 112 valence electrons. The van der Waals surface area contributed by atoms with Gasteiger partial charge in [0.15, 0.2) is 0 Å². The molecule has 1 heterocycles. The predicted molar refractivity (Wildman–Crippen MR) is 83.7 cm³/mol. The number of halogens is 1. The Morgan fingerprint density at radius 1 is 1.29 bits per heavy atom. The van der Waals surface area contributed by atoms with Crippen molar-refractivity contribution in [3.63, 3.8) is 0 Å². The molecule has 1 aromatic carbocycles. The highest BCUT2D eigenvalue weighted by atomic mass is 79.9. The maximum atomic E-state index is 12.3. The molecular weight excluding hydrogens is 356 g/mol. The Balaban J connectivity index is 2.23. The third-order valence-electron chi connectivity index (χ3n) is 2.92. The molecule has 0 aliphatic heterocycles. The summed E-state index contributed by atoms with van der Waals surface area (Å²) in [6.07, 6.45) is 2.84. The molecule has 1 aromatic heterocycles. The zero-order chi connectivity index (χ0) is 15.5. The molecule has 0 fully saturated rings. The number of hydrogen-bond acceptors (Lipinski definition) is 4. The van der Waals surface area contributed by atoms with Crippen molar-refractivity contribution in [1.29, 1.82) is 0 Å². The van der Waals surface area contributed by atoms with Crippen LogP contribution in [0.2, 0.25) is 0 Å². The van der Waals surface area contributed by atoms with E-state index >= 15 is 0 Å². The Kier molecular flexibility index (Phi) is 4.97. The van der Waals surface area contributed by atoms with Gasteiger partial charge in [-0.15, -0.1) is 0 Å². The number of nitrogens with zero attached hydrogens (tertiary/aromatic N) is 1. The molecule has 0 saturated carbocycles. The molecule has 2 aromatic rings. The van der Waals surface area contributed by atoms with Crippen LogP contribution in [0.15, 0.2) is 52.1 Å². The largest absolute Gasteiger partial charge is 0.497 e. The van der Waals surface area contributed by atoms with Crippen LogP contribution in [-0.4, -0.2) is 20.5 Å². The topological polar surface area (TPSA) is 68.3 Å². The first-order chi connectivity index (χ1) is 9.92. The zero-order valence-corrected chi connectivity index (χ0v) is 14.0. The number of ether oxygens (including phenoxy) is 1. The van der Waals surface area contributed by atoms with E-state index in [9.17, 15) is 8.42 Å². The quantitative estimate of drug-likeness (QED) is 0.878. The van der Waals surface area contributed by atoms with Crippen LogP contribution in [0.4, 0.5) is 0 Å². The molecule has 0 aliphatic rings. The molecular formula is C14H15BrN2O3S. The number of sulfonamides is 1. The summed E-state index contributed by atoms with van der Waals surface area (Å²) in [4.78, 5) is 3.99. The maximum absolute atomic E-state index is 12.3. The Labute approximate surface area is 132 Å². The lowest BCUT2D eigenvalue weighted by Gasteiger charge is -2.15. The van der Waals surface area contributed by atoms with E-state index in [1.165, 1.54) is 18.5 Å². The second-order valence-electron chi connectivity index (χ2n) is 4.46. The van der Waals surface area contributed by atoms with Crippen molar-refractivity contribution in [3.05, 3.63) is 52.8 Å². The number of aromatic nitrogens is 1. The van der Waals surface area contributed by atoms with Crippen molar-refractivity contribution in [2.75, 3.05) is 7.11 Å². The lowest BCUT2D eigenvalue weighted by Crippen LogP contribution is -2.27.